The predicted molar refractivity (Wildman–Crippen MR) is 61.8 cm³/mol. The van der Waals surface area contributed by atoms with Gasteiger partial charge in [-0.25, -0.2) is 0 Å². The molecule has 1 N–H and O–H groups in total. The lowest BCUT2D eigenvalue weighted by atomic mass is 9.33. The van der Waals surface area contributed by atoms with Crippen molar-refractivity contribution in [2.24, 2.45) is 5.41 Å². The van der Waals surface area contributed by atoms with E-state index in [4.69, 9.17) is 16.7 Å². The Balaban J connectivity index is 1.90. The molecule has 3 fully saturated rings. The second-order valence-corrected chi connectivity index (χ2v) is 5.79. The third-order valence-electron chi connectivity index (χ3n) is 4.18. The number of hydrogen-bond donors (Lipinski definition) is 1. The highest BCUT2D eigenvalue weighted by Crippen LogP contribution is 2.74. The van der Waals surface area contributed by atoms with Gasteiger partial charge >= 0.3 is 5.97 Å². The summed E-state index contributed by atoms with van der Waals surface area (Å²) in [7, 11) is 0. The third kappa shape index (κ3) is 1.06. The maximum Gasteiger partial charge on any atom is 0.309 e. The zero-order valence-electron chi connectivity index (χ0n) is 9.09. The van der Waals surface area contributed by atoms with Crippen molar-refractivity contribution in [3.63, 3.8) is 0 Å². The molecular formula is C13H13ClO2. The number of rotatable bonds is 2. The first kappa shape index (κ1) is 10.2. The lowest BCUT2D eigenvalue weighted by molar-refractivity contribution is -0.194. The van der Waals surface area contributed by atoms with Crippen LogP contribution < -0.4 is 0 Å². The molecule has 2 nitrogen and oxygen atoms in total. The number of hydrogen-bond acceptors (Lipinski definition) is 1. The van der Waals surface area contributed by atoms with Crippen molar-refractivity contribution in [3.8, 4) is 0 Å². The molecule has 0 aliphatic heterocycles. The molecule has 3 aliphatic rings. The Bertz CT molecular complexity index is 473. The summed E-state index contributed by atoms with van der Waals surface area (Å²) in [6.07, 6.45) is 2.29. The van der Waals surface area contributed by atoms with Crippen molar-refractivity contribution < 1.29 is 9.90 Å². The third-order valence-corrected chi connectivity index (χ3v) is 4.49. The maximum absolute atomic E-state index is 11.0. The van der Waals surface area contributed by atoms with Crippen molar-refractivity contribution in [3.05, 3.63) is 34.3 Å². The average Bonchev–Trinajstić information content (AvgIpc) is 2.03. The van der Waals surface area contributed by atoms with Gasteiger partial charge in [0.25, 0.3) is 0 Å². The van der Waals surface area contributed by atoms with Crippen LogP contribution in [-0.2, 0) is 10.2 Å². The van der Waals surface area contributed by atoms with Crippen LogP contribution in [0.2, 0.25) is 5.02 Å². The van der Waals surface area contributed by atoms with Gasteiger partial charge in [-0.15, -0.1) is 0 Å². The number of carboxylic acid groups (broad SMARTS) is 1. The van der Waals surface area contributed by atoms with E-state index in [0.29, 0.717) is 0 Å². The number of carbonyl (C=O) groups is 1. The molecule has 3 aliphatic carbocycles. The van der Waals surface area contributed by atoms with E-state index in [0.717, 1.165) is 35.4 Å². The molecule has 0 unspecified atom stereocenters. The molecule has 4 rings (SSSR count). The topological polar surface area (TPSA) is 37.3 Å². The van der Waals surface area contributed by atoms with Crippen LogP contribution in [0.1, 0.15) is 30.4 Å². The standard InChI is InChI=1S/C13H13ClO2/c1-8-2-3-9(10(14)4-8)12-5-13(6-12,7-12)11(15)16/h2-4H,5-7H2,1H3,(H,15,16). The Morgan fingerprint density at radius 3 is 2.50 bits per heavy atom. The summed E-state index contributed by atoms with van der Waals surface area (Å²) in [5.41, 5.74) is 1.94. The maximum atomic E-state index is 11.0. The van der Waals surface area contributed by atoms with Crippen molar-refractivity contribution in [2.75, 3.05) is 0 Å². The van der Waals surface area contributed by atoms with Crippen molar-refractivity contribution in [2.45, 2.75) is 31.6 Å². The monoisotopic (exact) mass is 236 g/mol. The molecule has 3 saturated carbocycles. The van der Waals surface area contributed by atoms with Crippen LogP contribution in [0.25, 0.3) is 0 Å². The Morgan fingerprint density at radius 1 is 1.38 bits per heavy atom. The molecule has 0 amide bonds. The number of carboxylic acids is 1. The van der Waals surface area contributed by atoms with E-state index >= 15 is 0 Å². The fourth-order valence-corrected chi connectivity index (χ4v) is 3.79. The molecule has 0 atom stereocenters. The minimum Gasteiger partial charge on any atom is -0.481 e. The molecule has 0 radical (unpaired) electrons. The Labute approximate surface area is 99.2 Å². The highest BCUT2D eigenvalue weighted by atomic mass is 35.5. The minimum absolute atomic E-state index is 0.0726. The number of aliphatic carboxylic acids is 1. The van der Waals surface area contributed by atoms with E-state index in [9.17, 15) is 4.79 Å². The van der Waals surface area contributed by atoms with Crippen LogP contribution in [0.5, 0.6) is 0 Å². The molecule has 3 heteroatoms. The molecule has 0 aromatic heterocycles. The Morgan fingerprint density at radius 2 is 2.00 bits per heavy atom. The minimum atomic E-state index is -0.641. The molecule has 2 bridgehead atoms. The van der Waals surface area contributed by atoms with Crippen LogP contribution in [-0.4, -0.2) is 11.1 Å². The lowest BCUT2D eigenvalue weighted by Crippen LogP contribution is -2.68. The van der Waals surface area contributed by atoms with Gasteiger partial charge < -0.3 is 5.11 Å². The van der Waals surface area contributed by atoms with E-state index < -0.39 is 11.4 Å². The van der Waals surface area contributed by atoms with Crippen LogP contribution in [0.15, 0.2) is 18.2 Å². The predicted octanol–water partition coefficient (Wildman–Crippen LogP) is 3.15. The largest absolute Gasteiger partial charge is 0.481 e. The van der Waals surface area contributed by atoms with Crippen LogP contribution >= 0.6 is 11.6 Å². The highest BCUT2D eigenvalue weighted by molar-refractivity contribution is 6.31. The Kier molecular flexibility index (Phi) is 1.78. The molecule has 16 heavy (non-hydrogen) atoms. The summed E-state index contributed by atoms with van der Waals surface area (Å²) in [6, 6.07) is 6.07. The zero-order valence-corrected chi connectivity index (χ0v) is 9.84. The van der Waals surface area contributed by atoms with E-state index in [2.05, 4.69) is 12.1 Å². The molecule has 0 heterocycles. The van der Waals surface area contributed by atoms with Crippen molar-refractivity contribution in [1.29, 1.82) is 0 Å². The summed E-state index contributed by atoms with van der Waals surface area (Å²) in [5.74, 6) is -0.641. The Hall–Kier alpha value is -1.02. The van der Waals surface area contributed by atoms with Crippen LogP contribution in [0.3, 0.4) is 0 Å². The fourth-order valence-electron chi connectivity index (χ4n) is 3.35. The first-order valence-corrected chi connectivity index (χ1v) is 5.85. The van der Waals surface area contributed by atoms with Gasteiger partial charge in [0.05, 0.1) is 5.41 Å². The summed E-state index contributed by atoms with van der Waals surface area (Å²) in [5, 5.41) is 9.86. The second kappa shape index (κ2) is 2.80. The summed E-state index contributed by atoms with van der Waals surface area (Å²) < 4.78 is 0. The lowest BCUT2D eigenvalue weighted by Gasteiger charge is -2.68. The van der Waals surface area contributed by atoms with Gasteiger partial charge in [-0.1, -0.05) is 23.7 Å². The highest BCUT2D eigenvalue weighted by Gasteiger charge is 2.72. The summed E-state index contributed by atoms with van der Waals surface area (Å²) in [6.45, 7) is 2.01. The van der Waals surface area contributed by atoms with Crippen molar-refractivity contribution in [1.82, 2.24) is 0 Å². The first-order valence-electron chi connectivity index (χ1n) is 5.48. The van der Waals surface area contributed by atoms with Gasteiger partial charge in [-0.2, -0.15) is 0 Å². The fraction of sp³-hybridized carbons (Fsp3) is 0.462. The quantitative estimate of drug-likeness (QED) is 0.857. The summed E-state index contributed by atoms with van der Waals surface area (Å²) >= 11 is 6.23. The summed E-state index contributed by atoms with van der Waals surface area (Å²) in [4.78, 5) is 11.0. The normalized spacial score (nSPS) is 35.1. The van der Waals surface area contributed by atoms with Crippen LogP contribution in [0.4, 0.5) is 0 Å². The van der Waals surface area contributed by atoms with Crippen LogP contribution in [0, 0.1) is 12.3 Å². The first-order chi connectivity index (χ1) is 7.47. The van der Waals surface area contributed by atoms with E-state index in [1.807, 2.05) is 13.0 Å². The van der Waals surface area contributed by atoms with Gasteiger partial charge in [0, 0.05) is 10.4 Å². The molecule has 1 aromatic rings. The average molecular weight is 237 g/mol. The van der Waals surface area contributed by atoms with Gasteiger partial charge in [0.15, 0.2) is 0 Å². The van der Waals surface area contributed by atoms with Gasteiger partial charge in [0.1, 0.15) is 0 Å². The number of aryl methyl sites for hydroxylation is 1. The SMILES string of the molecule is Cc1ccc(C23CC(C(=O)O)(C2)C3)c(Cl)c1. The number of benzene rings is 1. The van der Waals surface area contributed by atoms with Gasteiger partial charge in [0.2, 0.25) is 0 Å². The molecule has 0 saturated heterocycles. The molecule has 0 spiro atoms. The molecule has 84 valence electrons. The van der Waals surface area contributed by atoms with E-state index in [-0.39, 0.29) is 5.41 Å². The van der Waals surface area contributed by atoms with Gasteiger partial charge in [-0.3, -0.25) is 4.79 Å². The van der Waals surface area contributed by atoms with E-state index in [1.165, 1.54) is 0 Å². The van der Waals surface area contributed by atoms with Crippen molar-refractivity contribution >= 4 is 17.6 Å². The van der Waals surface area contributed by atoms with E-state index in [1.54, 1.807) is 0 Å². The molecule has 1 aromatic carbocycles. The molecular weight excluding hydrogens is 224 g/mol. The second-order valence-electron chi connectivity index (χ2n) is 5.38. The zero-order chi connectivity index (χ0) is 11.6. The van der Waals surface area contributed by atoms with Gasteiger partial charge in [-0.05, 0) is 43.4 Å². The number of halogens is 1. The smallest absolute Gasteiger partial charge is 0.309 e.